The average Bonchev–Trinajstić information content (AvgIpc) is 2.89. The Labute approximate surface area is 244 Å². The van der Waals surface area contributed by atoms with Crippen LogP contribution >= 0.6 is 27.5 Å². The third-order valence-corrected chi connectivity index (χ3v) is 8.91. The largest absolute Gasteiger partial charge is 0.352 e. The maximum Gasteiger partial charge on any atom is 0.264 e. The van der Waals surface area contributed by atoms with Crippen molar-refractivity contribution in [2.45, 2.75) is 57.6 Å². The molecule has 0 fully saturated rings. The van der Waals surface area contributed by atoms with Crippen molar-refractivity contribution in [3.63, 3.8) is 0 Å². The first kappa shape index (κ1) is 30.7. The lowest BCUT2D eigenvalue weighted by molar-refractivity contribution is -0.139. The average molecular weight is 635 g/mol. The molecule has 0 spiro atoms. The van der Waals surface area contributed by atoms with Gasteiger partial charge >= 0.3 is 0 Å². The van der Waals surface area contributed by atoms with E-state index in [0.29, 0.717) is 15.2 Å². The molecule has 10 heteroatoms. The molecule has 3 aromatic carbocycles. The standard InChI is InChI=1S/C29H33BrClN3O4S/c1-5-21(3)32-29(36)22(4)33(18-23-8-6-10-25(31)16-23)28(35)19-34(26-11-7-9-24(30)17-26)39(37,38)27-14-12-20(2)13-15-27/h6-17,21-22H,5,18-19H2,1-4H3,(H,32,36)/t21-,22-/m1/s1. The lowest BCUT2D eigenvalue weighted by atomic mass is 10.1. The zero-order valence-electron chi connectivity index (χ0n) is 22.4. The van der Waals surface area contributed by atoms with Gasteiger partial charge in [0.2, 0.25) is 11.8 Å². The number of amides is 2. The molecule has 208 valence electrons. The third kappa shape index (κ3) is 8.06. The number of anilines is 1. The highest BCUT2D eigenvalue weighted by atomic mass is 79.9. The van der Waals surface area contributed by atoms with Gasteiger partial charge in [-0.15, -0.1) is 0 Å². The number of hydrogen-bond donors (Lipinski definition) is 1. The summed E-state index contributed by atoms with van der Waals surface area (Å²) < 4.78 is 29.4. The van der Waals surface area contributed by atoms with Gasteiger partial charge in [-0.2, -0.15) is 0 Å². The van der Waals surface area contributed by atoms with Gasteiger partial charge in [-0.1, -0.05) is 70.3 Å². The summed E-state index contributed by atoms with van der Waals surface area (Å²) in [7, 11) is -4.12. The van der Waals surface area contributed by atoms with Crippen LogP contribution in [0.2, 0.25) is 5.02 Å². The maximum absolute atomic E-state index is 13.9. The van der Waals surface area contributed by atoms with Crippen LogP contribution in [0.3, 0.4) is 0 Å². The molecule has 0 radical (unpaired) electrons. The number of hydrogen-bond acceptors (Lipinski definition) is 4. The molecule has 0 aliphatic heterocycles. The van der Waals surface area contributed by atoms with Crippen molar-refractivity contribution < 1.29 is 18.0 Å². The molecule has 2 amide bonds. The van der Waals surface area contributed by atoms with Gasteiger partial charge in [-0.3, -0.25) is 13.9 Å². The number of nitrogens with one attached hydrogen (secondary N) is 1. The molecular weight excluding hydrogens is 602 g/mol. The number of halogens is 2. The molecule has 7 nitrogen and oxygen atoms in total. The fourth-order valence-electron chi connectivity index (χ4n) is 3.88. The van der Waals surface area contributed by atoms with Crippen LogP contribution in [0.1, 0.15) is 38.3 Å². The Hall–Kier alpha value is -2.88. The van der Waals surface area contributed by atoms with E-state index in [1.54, 1.807) is 67.6 Å². The summed E-state index contributed by atoms with van der Waals surface area (Å²) in [5.41, 5.74) is 1.94. The summed E-state index contributed by atoms with van der Waals surface area (Å²) in [6, 6.07) is 19.3. The van der Waals surface area contributed by atoms with Crippen molar-refractivity contribution >= 4 is 55.1 Å². The predicted octanol–water partition coefficient (Wildman–Crippen LogP) is 5.94. The molecule has 0 unspecified atom stereocenters. The van der Waals surface area contributed by atoms with Crippen LogP contribution in [-0.4, -0.2) is 43.8 Å². The molecule has 3 aromatic rings. The highest BCUT2D eigenvalue weighted by molar-refractivity contribution is 9.10. The van der Waals surface area contributed by atoms with Gasteiger partial charge in [0.15, 0.2) is 0 Å². The minimum atomic E-state index is -4.12. The molecule has 0 saturated carbocycles. The van der Waals surface area contributed by atoms with E-state index >= 15 is 0 Å². The van der Waals surface area contributed by atoms with Crippen LogP contribution < -0.4 is 9.62 Å². The molecule has 3 rings (SSSR count). The fraction of sp³-hybridized carbons (Fsp3) is 0.310. The molecule has 1 N–H and O–H groups in total. The molecule has 0 aromatic heterocycles. The van der Waals surface area contributed by atoms with E-state index in [1.165, 1.54) is 17.0 Å². The zero-order chi connectivity index (χ0) is 28.7. The molecule has 39 heavy (non-hydrogen) atoms. The lowest BCUT2D eigenvalue weighted by Gasteiger charge is -2.32. The molecule has 0 heterocycles. The molecular formula is C29H33BrClN3O4S. The first-order chi connectivity index (χ1) is 18.4. The lowest BCUT2D eigenvalue weighted by Crippen LogP contribution is -2.52. The van der Waals surface area contributed by atoms with Gasteiger partial charge in [0.1, 0.15) is 12.6 Å². The number of sulfonamides is 1. The minimum Gasteiger partial charge on any atom is -0.352 e. The van der Waals surface area contributed by atoms with E-state index in [9.17, 15) is 18.0 Å². The Kier molecular flexibility index (Phi) is 10.6. The first-order valence-electron chi connectivity index (χ1n) is 12.6. The number of nitrogens with zero attached hydrogens (tertiary/aromatic N) is 2. The Morgan fingerprint density at radius 1 is 1.00 bits per heavy atom. The summed E-state index contributed by atoms with van der Waals surface area (Å²) >= 11 is 9.58. The van der Waals surface area contributed by atoms with E-state index < -0.39 is 28.5 Å². The van der Waals surface area contributed by atoms with E-state index in [4.69, 9.17) is 11.6 Å². The van der Waals surface area contributed by atoms with Gasteiger partial charge in [0.05, 0.1) is 10.6 Å². The van der Waals surface area contributed by atoms with Crippen molar-refractivity contribution in [3.8, 4) is 0 Å². The Morgan fingerprint density at radius 2 is 1.67 bits per heavy atom. The zero-order valence-corrected chi connectivity index (χ0v) is 25.6. The SMILES string of the molecule is CC[C@@H](C)NC(=O)[C@@H](C)N(Cc1cccc(Cl)c1)C(=O)CN(c1cccc(Br)c1)S(=O)(=O)c1ccc(C)cc1. The van der Waals surface area contributed by atoms with Crippen molar-refractivity contribution in [2.75, 3.05) is 10.8 Å². The second-order valence-electron chi connectivity index (χ2n) is 9.45. The number of aryl methyl sites for hydroxylation is 1. The van der Waals surface area contributed by atoms with E-state index in [2.05, 4.69) is 21.2 Å². The van der Waals surface area contributed by atoms with Crippen molar-refractivity contribution in [1.82, 2.24) is 10.2 Å². The van der Waals surface area contributed by atoms with Crippen molar-refractivity contribution in [1.29, 1.82) is 0 Å². The highest BCUT2D eigenvalue weighted by Gasteiger charge is 2.32. The van der Waals surface area contributed by atoms with Gasteiger partial charge in [0, 0.05) is 22.1 Å². The van der Waals surface area contributed by atoms with E-state index in [1.807, 2.05) is 20.8 Å². The summed E-state index contributed by atoms with van der Waals surface area (Å²) in [5.74, 6) is -0.854. The topological polar surface area (TPSA) is 86.8 Å². The fourth-order valence-corrected chi connectivity index (χ4v) is 5.88. The Bertz CT molecular complexity index is 1420. The maximum atomic E-state index is 13.9. The molecule has 0 bridgehead atoms. The van der Waals surface area contributed by atoms with Crippen molar-refractivity contribution in [2.24, 2.45) is 0 Å². The Balaban J connectivity index is 2.03. The van der Waals surface area contributed by atoms with Gasteiger partial charge in [-0.25, -0.2) is 8.42 Å². The normalized spacial score (nSPS) is 12.9. The predicted molar refractivity (Wildman–Crippen MR) is 159 cm³/mol. The van der Waals surface area contributed by atoms with Crippen molar-refractivity contribution in [3.05, 3.63) is 93.4 Å². The number of benzene rings is 3. The van der Waals surface area contributed by atoms with Crippen LogP contribution in [-0.2, 0) is 26.2 Å². The second-order valence-corrected chi connectivity index (χ2v) is 12.7. The molecule has 2 atom stereocenters. The number of rotatable bonds is 11. The number of carbonyl (C=O) groups excluding carboxylic acids is 2. The van der Waals surface area contributed by atoms with Crippen LogP contribution in [0.15, 0.2) is 82.2 Å². The van der Waals surface area contributed by atoms with Crippen LogP contribution in [0.4, 0.5) is 5.69 Å². The molecule has 0 aliphatic rings. The number of carbonyl (C=O) groups is 2. The summed E-state index contributed by atoms with van der Waals surface area (Å²) in [5, 5.41) is 3.41. The second kappa shape index (κ2) is 13.5. The third-order valence-electron chi connectivity index (χ3n) is 6.39. The smallest absolute Gasteiger partial charge is 0.264 e. The molecule has 0 aliphatic carbocycles. The van der Waals surface area contributed by atoms with Gasteiger partial charge < -0.3 is 10.2 Å². The summed E-state index contributed by atoms with van der Waals surface area (Å²) in [6.45, 7) is 6.91. The quantitative estimate of drug-likeness (QED) is 0.283. The van der Waals surface area contributed by atoms with E-state index in [-0.39, 0.29) is 23.4 Å². The summed E-state index contributed by atoms with van der Waals surface area (Å²) in [4.78, 5) is 28.5. The van der Waals surface area contributed by atoms with Crippen LogP contribution in [0, 0.1) is 6.92 Å². The first-order valence-corrected chi connectivity index (χ1v) is 15.2. The Morgan fingerprint density at radius 3 is 2.28 bits per heavy atom. The highest BCUT2D eigenvalue weighted by Crippen LogP contribution is 2.27. The van der Waals surface area contributed by atoms with Crippen LogP contribution in [0.5, 0.6) is 0 Å². The van der Waals surface area contributed by atoms with E-state index in [0.717, 1.165) is 21.9 Å². The van der Waals surface area contributed by atoms with Crippen LogP contribution in [0.25, 0.3) is 0 Å². The summed E-state index contributed by atoms with van der Waals surface area (Å²) in [6.07, 6.45) is 0.728. The van der Waals surface area contributed by atoms with Gasteiger partial charge in [-0.05, 0) is 75.2 Å². The van der Waals surface area contributed by atoms with Gasteiger partial charge in [0.25, 0.3) is 10.0 Å². The molecule has 0 saturated heterocycles. The monoisotopic (exact) mass is 633 g/mol. The minimum absolute atomic E-state index is 0.0600.